The first-order chi connectivity index (χ1) is 7.80. The van der Waals surface area contributed by atoms with E-state index < -0.39 is 0 Å². The van der Waals surface area contributed by atoms with E-state index >= 15 is 0 Å². The third kappa shape index (κ3) is 1.99. The van der Waals surface area contributed by atoms with Crippen molar-refractivity contribution in [1.29, 1.82) is 0 Å². The second-order valence-corrected chi connectivity index (χ2v) is 5.75. The number of pyridine rings is 1. The Kier molecular flexibility index (Phi) is 2.61. The van der Waals surface area contributed by atoms with Crippen LogP contribution in [0.5, 0.6) is 0 Å². The molecule has 0 aliphatic rings. The van der Waals surface area contributed by atoms with Crippen LogP contribution in [-0.2, 0) is 5.41 Å². The first-order valence-corrected chi connectivity index (χ1v) is 5.97. The highest BCUT2D eigenvalue weighted by Crippen LogP contribution is 2.29. The van der Waals surface area contributed by atoms with Crippen molar-refractivity contribution in [3.05, 3.63) is 35.0 Å². The average molecular weight is 228 g/mol. The molecular weight excluding hydrogens is 208 g/mol. The Hall–Kier alpha value is -1.57. The molecule has 0 radical (unpaired) electrons. The van der Waals surface area contributed by atoms with E-state index in [-0.39, 0.29) is 5.41 Å². The number of hydrogen-bond donors (Lipinski definition) is 1. The quantitative estimate of drug-likeness (QED) is 0.746. The molecule has 0 aliphatic carbocycles. The number of nitrogens with two attached hydrogens (primary N) is 1. The van der Waals surface area contributed by atoms with E-state index in [1.54, 1.807) is 0 Å². The van der Waals surface area contributed by atoms with Crippen molar-refractivity contribution in [3.63, 3.8) is 0 Å². The molecule has 0 bridgehead atoms. The summed E-state index contributed by atoms with van der Waals surface area (Å²) in [5, 5.41) is 1.06. The third-order valence-electron chi connectivity index (χ3n) is 3.31. The molecule has 0 spiro atoms. The molecular formula is C15H20N2. The van der Waals surface area contributed by atoms with Crippen LogP contribution >= 0.6 is 0 Å². The zero-order valence-corrected chi connectivity index (χ0v) is 11.3. The smallest absolute Gasteiger partial charge is 0.0758 e. The lowest BCUT2D eigenvalue weighted by molar-refractivity contribution is 0.572. The molecule has 90 valence electrons. The van der Waals surface area contributed by atoms with Gasteiger partial charge in [-0.1, -0.05) is 32.9 Å². The molecule has 0 fully saturated rings. The molecule has 2 heteroatoms. The molecule has 0 atom stereocenters. The van der Waals surface area contributed by atoms with Crippen molar-refractivity contribution in [1.82, 2.24) is 4.98 Å². The lowest BCUT2D eigenvalue weighted by Gasteiger charge is -2.20. The van der Waals surface area contributed by atoms with Gasteiger partial charge in [-0.05, 0) is 31.0 Å². The number of rotatable bonds is 0. The number of aryl methyl sites for hydroxylation is 2. The summed E-state index contributed by atoms with van der Waals surface area (Å²) in [7, 11) is 0. The number of nitrogens with zero attached hydrogens (tertiary/aromatic N) is 1. The summed E-state index contributed by atoms with van der Waals surface area (Å²) in [6.07, 6.45) is 0. The minimum Gasteiger partial charge on any atom is -0.398 e. The van der Waals surface area contributed by atoms with Crippen LogP contribution in [0.3, 0.4) is 0 Å². The van der Waals surface area contributed by atoms with Gasteiger partial charge in [-0.2, -0.15) is 0 Å². The Labute approximate surface area is 103 Å². The molecule has 0 aliphatic heterocycles. The molecule has 2 N–H and O–H groups in total. The Balaban J connectivity index is 2.84. The number of aromatic nitrogens is 1. The fourth-order valence-electron chi connectivity index (χ4n) is 1.94. The van der Waals surface area contributed by atoms with Crippen molar-refractivity contribution in [2.24, 2.45) is 0 Å². The highest BCUT2D eigenvalue weighted by molar-refractivity contribution is 5.93. The van der Waals surface area contributed by atoms with Gasteiger partial charge in [0, 0.05) is 22.2 Å². The molecule has 1 heterocycles. The first kappa shape index (κ1) is 11.9. The zero-order valence-electron chi connectivity index (χ0n) is 11.3. The van der Waals surface area contributed by atoms with Gasteiger partial charge < -0.3 is 5.73 Å². The summed E-state index contributed by atoms with van der Waals surface area (Å²) in [6, 6.07) is 6.16. The van der Waals surface area contributed by atoms with Crippen LogP contribution in [0.4, 0.5) is 5.69 Å². The summed E-state index contributed by atoms with van der Waals surface area (Å²) in [4.78, 5) is 4.79. The predicted molar refractivity (Wildman–Crippen MR) is 74.3 cm³/mol. The normalized spacial score (nSPS) is 12.1. The van der Waals surface area contributed by atoms with Crippen LogP contribution in [0.2, 0.25) is 0 Å². The molecule has 17 heavy (non-hydrogen) atoms. The maximum atomic E-state index is 6.13. The minimum atomic E-state index is 0.0263. The van der Waals surface area contributed by atoms with Crippen molar-refractivity contribution in [2.75, 3.05) is 5.73 Å². The summed E-state index contributed by atoms with van der Waals surface area (Å²) in [6.45, 7) is 10.7. The Morgan fingerprint density at radius 2 is 1.76 bits per heavy atom. The van der Waals surface area contributed by atoms with Gasteiger partial charge in [-0.3, -0.25) is 4.98 Å². The van der Waals surface area contributed by atoms with Crippen LogP contribution in [0.25, 0.3) is 10.9 Å². The lowest BCUT2D eigenvalue weighted by Crippen LogP contribution is -2.14. The van der Waals surface area contributed by atoms with Crippen LogP contribution in [0, 0.1) is 13.8 Å². The second kappa shape index (κ2) is 3.73. The van der Waals surface area contributed by atoms with Gasteiger partial charge in [-0.15, -0.1) is 0 Å². The van der Waals surface area contributed by atoms with Gasteiger partial charge in [0.15, 0.2) is 0 Å². The van der Waals surface area contributed by atoms with E-state index in [2.05, 4.69) is 46.8 Å². The molecule has 2 rings (SSSR count). The number of nitrogen functional groups attached to an aromatic ring is 1. The largest absolute Gasteiger partial charge is 0.398 e. The first-order valence-electron chi connectivity index (χ1n) is 5.97. The van der Waals surface area contributed by atoms with E-state index in [9.17, 15) is 0 Å². The minimum absolute atomic E-state index is 0.0263. The summed E-state index contributed by atoms with van der Waals surface area (Å²) in [5.74, 6) is 0. The number of anilines is 1. The Morgan fingerprint density at radius 3 is 2.35 bits per heavy atom. The molecule has 0 saturated heterocycles. The van der Waals surface area contributed by atoms with Gasteiger partial charge in [0.25, 0.3) is 0 Å². The third-order valence-corrected chi connectivity index (χ3v) is 3.31. The maximum Gasteiger partial charge on any atom is 0.0758 e. The highest BCUT2D eigenvalue weighted by Gasteiger charge is 2.18. The molecule has 0 unspecified atom stereocenters. The van der Waals surface area contributed by atoms with E-state index in [4.69, 9.17) is 10.7 Å². The second-order valence-electron chi connectivity index (χ2n) is 5.75. The standard InChI is InChI=1S/C15H20N2/c1-9-6-7-11-12(16)8-13(15(3,4)5)17-14(11)10(9)2/h6-8H,1-5H3,(H2,16,17). The summed E-state index contributed by atoms with van der Waals surface area (Å²) >= 11 is 0. The van der Waals surface area contributed by atoms with Gasteiger partial charge in [0.1, 0.15) is 0 Å². The summed E-state index contributed by atoms with van der Waals surface area (Å²) in [5.41, 5.74) is 11.6. The molecule has 2 aromatic rings. The van der Waals surface area contributed by atoms with E-state index in [1.165, 1.54) is 11.1 Å². The van der Waals surface area contributed by atoms with Crippen molar-refractivity contribution >= 4 is 16.6 Å². The molecule has 1 aromatic carbocycles. The molecule has 1 aromatic heterocycles. The number of hydrogen-bond acceptors (Lipinski definition) is 2. The Morgan fingerprint density at radius 1 is 1.12 bits per heavy atom. The average Bonchev–Trinajstić information content (AvgIpc) is 2.22. The zero-order chi connectivity index (χ0) is 12.8. The van der Waals surface area contributed by atoms with Crippen LogP contribution < -0.4 is 5.73 Å². The van der Waals surface area contributed by atoms with Crippen LogP contribution in [0.1, 0.15) is 37.6 Å². The highest BCUT2D eigenvalue weighted by atomic mass is 14.7. The van der Waals surface area contributed by atoms with E-state index in [1.807, 2.05) is 6.07 Å². The van der Waals surface area contributed by atoms with Gasteiger partial charge >= 0.3 is 0 Å². The Bertz CT molecular complexity index is 577. The van der Waals surface area contributed by atoms with Gasteiger partial charge in [0.2, 0.25) is 0 Å². The summed E-state index contributed by atoms with van der Waals surface area (Å²) < 4.78 is 0. The van der Waals surface area contributed by atoms with Crippen LogP contribution in [0.15, 0.2) is 18.2 Å². The lowest BCUT2D eigenvalue weighted by atomic mass is 9.90. The van der Waals surface area contributed by atoms with Gasteiger partial charge in [0.05, 0.1) is 5.52 Å². The van der Waals surface area contributed by atoms with E-state index in [0.717, 1.165) is 22.3 Å². The fourth-order valence-corrected chi connectivity index (χ4v) is 1.94. The SMILES string of the molecule is Cc1ccc2c(N)cc(C(C)(C)C)nc2c1C. The monoisotopic (exact) mass is 228 g/mol. The van der Waals surface area contributed by atoms with E-state index in [0.29, 0.717) is 0 Å². The topological polar surface area (TPSA) is 38.9 Å². The van der Waals surface area contributed by atoms with Gasteiger partial charge in [-0.25, -0.2) is 0 Å². The van der Waals surface area contributed by atoms with Crippen molar-refractivity contribution in [3.8, 4) is 0 Å². The van der Waals surface area contributed by atoms with Crippen molar-refractivity contribution < 1.29 is 0 Å². The fraction of sp³-hybridized carbons (Fsp3) is 0.400. The molecule has 0 amide bonds. The maximum absolute atomic E-state index is 6.13. The predicted octanol–water partition coefficient (Wildman–Crippen LogP) is 3.73. The van der Waals surface area contributed by atoms with Crippen LogP contribution in [-0.4, -0.2) is 4.98 Å². The van der Waals surface area contributed by atoms with Crippen molar-refractivity contribution in [2.45, 2.75) is 40.0 Å². The molecule has 0 saturated carbocycles. The number of benzene rings is 1. The number of fused-ring (bicyclic) bond motifs is 1. The molecule has 2 nitrogen and oxygen atoms in total.